The van der Waals surface area contributed by atoms with Gasteiger partial charge in [0.05, 0.1) is 18.4 Å². The van der Waals surface area contributed by atoms with Crippen LogP contribution in [0.4, 0.5) is 0 Å². The first-order valence-electron chi connectivity index (χ1n) is 8.96. The Morgan fingerprint density at radius 2 is 2.27 bits per heavy atom. The monoisotopic (exact) mass is 362 g/mol. The fourth-order valence-corrected chi connectivity index (χ4v) is 3.16. The van der Waals surface area contributed by atoms with Crippen LogP contribution in [0, 0.1) is 11.8 Å². The number of carbonyl (C=O) groups is 3. The molecule has 6 heteroatoms. The smallest absolute Gasteiger partial charge is 0.334 e. The van der Waals surface area contributed by atoms with Crippen molar-refractivity contribution in [2.75, 3.05) is 6.61 Å². The first-order valence-corrected chi connectivity index (χ1v) is 8.96. The van der Waals surface area contributed by atoms with Gasteiger partial charge in [-0.2, -0.15) is 0 Å². The highest BCUT2D eigenvalue weighted by Gasteiger charge is 2.44. The van der Waals surface area contributed by atoms with Gasteiger partial charge in [0.15, 0.2) is 0 Å². The number of rotatable bonds is 5. The predicted octanol–water partition coefficient (Wildman–Crippen LogP) is 2.27. The molecular formula is C20H26O6. The normalized spacial score (nSPS) is 31.6. The molecule has 4 atom stereocenters. The highest BCUT2D eigenvalue weighted by molar-refractivity contribution is 5.91. The molecule has 0 aromatic carbocycles. The van der Waals surface area contributed by atoms with E-state index in [0.717, 1.165) is 6.29 Å². The second-order valence-electron chi connectivity index (χ2n) is 6.83. The van der Waals surface area contributed by atoms with Crippen molar-refractivity contribution in [3.05, 3.63) is 35.5 Å². The molecule has 0 aromatic rings. The molecule has 0 radical (unpaired) electrons. The molecule has 0 saturated carbocycles. The molecule has 2 aliphatic rings. The van der Waals surface area contributed by atoms with Crippen LogP contribution in [0.5, 0.6) is 0 Å². The molecule has 0 amide bonds. The highest BCUT2D eigenvalue weighted by Crippen LogP contribution is 2.36. The topological polar surface area (TPSA) is 89.9 Å². The van der Waals surface area contributed by atoms with Crippen molar-refractivity contribution in [3.63, 3.8) is 0 Å². The third-order valence-corrected chi connectivity index (χ3v) is 5.01. The number of hydrogen-bond donors (Lipinski definition) is 1. The van der Waals surface area contributed by atoms with E-state index in [1.807, 2.05) is 6.92 Å². The molecule has 0 spiro atoms. The minimum Gasteiger partial charge on any atom is -0.461 e. The van der Waals surface area contributed by atoms with Crippen LogP contribution in [0.2, 0.25) is 0 Å². The maximum Gasteiger partial charge on any atom is 0.334 e. The van der Waals surface area contributed by atoms with Crippen molar-refractivity contribution < 1.29 is 29.0 Å². The Balaban J connectivity index is 2.41. The zero-order valence-electron chi connectivity index (χ0n) is 15.3. The van der Waals surface area contributed by atoms with E-state index >= 15 is 0 Å². The Hall–Kier alpha value is -2.21. The molecule has 6 nitrogen and oxygen atoms in total. The number of allylic oxidation sites excluding steroid dienone is 1. The van der Waals surface area contributed by atoms with E-state index < -0.39 is 24.1 Å². The standard InChI is InChI=1S/C20H26O6/c1-4-12(2)19(23)25-16-8-14(10-21)6-5-7-15(11-22)9-17-18(16)13(3)20(24)26-17/h6,9-10,12,16-18,22H,3-5,7-8,11H2,1-2H3/b14-6+,15-9+/t12-,16-,17-,18-/m1/s1. The van der Waals surface area contributed by atoms with Gasteiger partial charge in [-0.25, -0.2) is 4.79 Å². The summed E-state index contributed by atoms with van der Waals surface area (Å²) in [6.45, 7) is 7.29. The fraction of sp³-hybridized carbons (Fsp3) is 0.550. The molecule has 1 saturated heterocycles. The number of carbonyl (C=O) groups excluding carboxylic acids is 3. The quantitative estimate of drug-likeness (QED) is 0.349. The molecule has 26 heavy (non-hydrogen) atoms. The van der Waals surface area contributed by atoms with Crippen LogP contribution >= 0.6 is 0 Å². The Labute approximate surface area is 153 Å². The van der Waals surface area contributed by atoms with Crippen LogP contribution in [0.15, 0.2) is 35.5 Å². The lowest BCUT2D eigenvalue weighted by atomic mass is 9.85. The molecule has 0 aromatic heterocycles. The Morgan fingerprint density at radius 3 is 2.88 bits per heavy atom. The van der Waals surface area contributed by atoms with E-state index in [9.17, 15) is 19.5 Å². The average molecular weight is 362 g/mol. The van der Waals surface area contributed by atoms with Crippen molar-refractivity contribution in [3.8, 4) is 0 Å². The Kier molecular flexibility index (Phi) is 6.91. The zero-order valence-corrected chi connectivity index (χ0v) is 15.3. The predicted molar refractivity (Wildman–Crippen MR) is 95.0 cm³/mol. The van der Waals surface area contributed by atoms with E-state index in [1.54, 1.807) is 19.1 Å². The van der Waals surface area contributed by atoms with Crippen molar-refractivity contribution in [2.24, 2.45) is 11.8 Å². The summed E-state index contributed by atoms with van der Waals surface area (Å²) in [6, 6.07) is 0. The summed E-state index contributed by atoms with van der Waals surface area (Å²) in [4.78, 5) is 35.9. The van der Waals surface area contributed by atoms with Gasteiger partial charge in [0.25, 0.3) is 0 Å². The second-order valence-corrected chi connectivity index (χ2v) is 6.83. The summed E-state index contributed by atoms with van der Waals surface area (Å²) in [6.07, 6.45) is 4.78. The minimum atomic E-state index is -0.730. The van der Waals surface area contributed by atoms with Gasteiger partial charge in [0.1, 0.15) is 18.5 Å². The number of aliphatic hydroxyl groups excluding tert-OH is 1. The van der Waals surface area contributed by atoms with E-state index in [4.69, 9.17) is 9.47 Å². The Morgan fingerprint density at radius 1 is 1.54 bits per heavy atom. The maximum absolute atomic E-state index is 12.3. The lowest BCUT2D eigenvalue weighted by Gasteiger charge is -2.28. The number of esters is 2. The summed E-state index contributed by atoms with van der Waals surface area (Å²) >= 11 is 0. The largest absolute Gasteiger partial charge is 0.461 e. The van der Waals surface area contributed by atoms with E-state index in [0.29, 0.717) is 30.4 Å². The third kappa shape index (κ3) is 4.49. The summed E-state index contributed by atoms with van der Waals surface area (Å²) < 4.78 is 11.1. The molecule has 1 heterocycles. The molecule has 2 rings (SSSR count). The molecule has 1 aliphatic carbocycles. The van der Waals surface area contributed by atoms with Crippen LogP contribution in [0.1, 0.15) is 39.5 Å². The fourth-order valence-electron chi connectivity index (χ4n) is 3.16. The van der Waals surface area contributed by atoms with Crippen LogP contribution in [-0.2, 0) is 23.9 Å². The molecule has 0 unspecified atom stereocenters. The first kappa shape index (κ1) is 20.1. The lowest BCUT2D eigenvalue weighted by molar-refractivity contribution is -0.156. The average Bonchev–Trinajstić information content (AvgIpc) is 2.91. The minimum absolute atomic E-state index is 0.172. The van der Waals surface area contributed by atoms with Crippen molar-refractivity contribution in [2.45, 2.75) is 51.7 Å². The van der Waals surface area contributed by atoms with Gasteiger partial charge in [-0.15, -0.1) is 0 Å². The van der Waals surface area contributed by atoms with Gasteiger partial charge in [-0.3, -0.25) is 9.59 Å². The van der Waals surface area contributed by atoms with E-state index in [-0.39, 0.29) is 30.5 Å². The van der Waals surface area contributed by atoms with Crippen LogP contribution in [0.3, 0.4) is 0 Å². The summed E-state index contributed by atoms with van der Waals surface area (Å²) in [7, 11) is 0. The zero-order chi connectivity index (χ0) is 19.3. The van der Waals surface area contributed by atoms with Crippen LogP contribution in [0.25, 0.3) is 0 Å². The van der Waals surface area contributed by atoms with Crippen LogP contribution < -0.4 is 0 Å². The van der Waals surface area contributed by atoms with E-state index in [1.165, 1.54) is 0 Å². The van der Waals surface area contributed by atoms with Crippen molar-refractivity contribution in [1.29, 1.82) is 0 Å². The van der Waals surface area contributed by atoms with Crippen molar-refractivity contribution in [1.82, 2.24) is 0 Å². The van der Waals surface area contributed by atoms with Gasteiger partial charge in [-0.05, 0) is 36.5 Å². The summed E-state index contributed by atoms with van der Waals surface area (Å²) in [5.74, 6) is -1.80. The van der Waals surface area contributed by atoms with Gasteiger partial charge in [-0.1, -0.05) is 26.5 Å². The van der Waals surface area contributed by atoms with Gasteiger partial charge < -0.3 is 14.6 Å². The number of hydrogen-bond acceptors (Lipinski definition) is 6. The van der Waals surface area contributed by atoms with Gasteiger partial charge >= 0.3 is 11.9 Å². The number of aliphatic hydroxyl groups is 1. The first-order chi connectivity index (χ1) is 12.4. The lowest BCUT2D eigenvalue weighted by Crippen LogP contribution is -2.35. The summed E-state index contributed by atoms with van der Waals surface area (Å²) in [5.41, 5.74) is 1.42. The third-order valence-electron chi connectivity index (χ3n) is 5.01. The van der Waals surface area contributed by atoms with Crippen molar-refractivity contribution >= 4 is 18.2 Å². The number of fused-ring (bicyclic) bond motifs is 1. The Bertz CT molecular complexity index is 645. The molecule has 0 bridgehead atoms. The highest BCUT2D eigenvalue weighted by atomic mass is 16.6. The summed E-state index contributed by atoms with van der Waals surface area (Å²) in [5, 5.41) is 9.55. The van der Waals surface area contributed by atoms with Gasteiger partial charge in [0, 0.05) is 12.0 Å². The molecular weight excluding hydrogens is 336 g/mol. The molecule has 1 fully saturated rings. The maximum atomic E-state index is 12.3. The number of aldehydes is 1. The number of ether oxygens (including phenoxy) is 2. The SMILES string of the molecule is C=C1C(=O)O[C@@H]2/C=C(/CO)CC/C=C(/C=O)C[C@@H](OC(=O)[C@H](C)CC)[C@@H]12. The molecule has 1 aliphatic heterocycles. The molecule has 1 N–H and O–H groups in total. The van der Waals surface area contributed by atoms with Gasteiger partial charge in [0.2, 0.25) is 0 Å². The molecule has 142 valence electrons. The second kappa shape index (κ2) is 8.94. The van der Waals surface area contributed by atoms with Crippen LogP contribution in [-0.4, -0.2) is 42.1 Å². The van der Waals surface area contributed by atoms with E-state index in [2.05, 4.69) is 6.58 Å².